The number of rotatable bonds is 5. The van der Waals surface area contributed by atoms with Crippen LogP contribution in [0.1, 0.15) is 50.0 Å². The Morgan fingerprint density at radius 2 is 1.73 bits per heavy atom. The van der Waals surface area contributed by atoms with Crippen LogP contribution in [0.15, 0.2) is 18.2 Å². The Morgan fingerprint density at radius 1 is 1.18 bits per heavy atom. The van der Waals surface area contributed by atoms with E-state index >= 15 is 0 Å². The van der Waals surface area contributed by atoms with Crippen LogP contribution in [0.4, 0.5) is 4.79 Å². The molecule has 1 aromatic carbocycles. The van der Waals surface area contributed by atoms with Gasteiger partial charge in [0, 0.05) is 6.54 Å². The summed E-state index contributed by atoms with van der Waals surface area (Å²) in [5.41, 5.74) is 2.20. The molecule has 2 atom stereocenters. The monoisotopic (exact) mass is 309 g/mol. The Bertz CT molecular complexity index is 488. The number of hydrogen-bond donors (Lipinski definition) is 3. The average molecular weight is 309 g/mol. The smallest absolute Gasteiger partial charge is 0.407 e. The summed E-state index contributed by atoms with van der Waals surface area (Å²) < 4.78 is 5.10. The molecule has 0 saturated heterocycles. The van der Waals surface area contributed by atoms with Crippen molar-refractivity contribution in [3.05, 3.63) is 34.9 Å². The number of carbonyl (C=O) groups excluding carboxylic acids is 1. The van der Waals surface area contributed by atoms with Gasteiger partial charge in [0.2, 0.25) is 0 Å². The van der Waals surface area contributed by atoms with Crippen molar-refractivity contribution in [1.29, 1.82) is 0 Å². The van der Waals surface area contributed by atoms with Gasteiger partial charge in [0.1, 0.15) is 11.7 Å². The number of carbonyl (C=O) groups is 1. The Morgan fingerprint density at radius 3 is 2.23 bits per heavy atom. The van der Waals surface area contributed by atoms with Crippen LogP contribution in [0.2, 0.25) is 0 Å². The number of aliphatic hydroxyl groups is 2. The van der Waals surface area contributed by atoms with E-state index in [0.29, 0.717) is 5.56 Å². The lowest BCUT2D eigenvalue weighted by atomic mass is 9.98. The lowest BCUT2D eigenvalue weighted by Gasteiger charge is -2.21. The normalized spacial score (nSPS) is 14.3. The van der Waals surface area contributed by atoms with Crippen molar-refractivity contribution >= 4 is 6.09 Å². The predicted octanol–water partition coefficient (Wildman–Crippen LogP) is 2.61. The maximum Gasteiger partial charge on any atom is 0.407 e. The zero-order valence-electron chi connectivity index (χ0n) is 14.0. The molecule has 1 aromatic rings. The van der Waals surface area contributed by atoms with Crippen LogP contribution in [-0.2, 0) is 4.74 Å². The summed E-state index contributed by atoms with van der Waals surface area (Å²) in [7, 11) is 0. The number of aliphatic hydroxyl groups excluding tert-OH is 2. The molecule has 0 heterocycles. The molecule has 124 valence electrons. The van der Waals surface area contributed by atoms with Crippen LogP contribution in [-0.4, -0.2) is 34.6 Å². The first-order valence-electron chi connectivity index (χ1n) is 7.49. The zero-order chi connectivity index (χ0) is 16.9. The van der Waals surface area contributed by atoms with E-state index < -0.39 is 23.9 Å². The van der Waals surface area contributed by atoms with Crippen LogP contribution in [0, 0.1) is 13.8 Å². The van der Waals surface area contributed by atoms with Gasteiger partial charge in [0.25, 0.3) is 0 Å². The molecule has 0 spiro atoms. The third-order valence-corrected chi connectivity index (χ3v) is 3.06. The van der Waals surface area contributed by atoms with Gasteiger partial charge >= 0.3 is 6.09 Å². The van der Waals surface area contributed by atoms with E-state index in [1.54, 1.807) is 20.8 Å². The van der Waals surface area contributed by atoms with E-state index in [2.05, 4.69) is 5.32 Å². The van der Waals surface area contributed by atoms with Gasteiger partial charge in [-0.3, -0.25) is 0 Å². The summed E-state index contributed by atoms with van der Waals surface area (Å²) in [4.78, 5) is 11.5. The summed E-state index contributed by atoms with van der Waals surface area (Å²) in [6.45, 7) is 9.47. The summed E-state index contributed by atoms with van der Waals surface area (Å²) in [6.07, 6.45) is -2.20. The molecule has 0 radical (unpaired) electrons. The maximum atomic E-state index is 11.5. The first-order valence-corrected chi connectivity index (χ1v) is 7.49. The zero-order valence-corrected chi connectivity index (χ0v) is 14.0. The molecule has 0 aliphatic rings. The van der Waals surface area contributed by atoms with Crippen LogP contribution >= 0.6 is 0 Å². The van der Waals surface area contributed by atoms with Gasteiger partial charge in [0.15, 0.2) is 0 Å². The lowest BCUT2D eigenvalue weighted by Crippen LogP contribution is -2.34. The standard InChI is InChI=1S/C17H27NO4/c1-11-8-12(2)10-13(9-11)15(20)14(19)6-7-18-16(21)22-17(3,4)5/h8-10,14-15,19-20H,6-7H2,1-5H3,(H,18,21). The minimum atomic E-state index is -0.973. The molecule has 0 saturated carbocycles. The summed E-state index contributed by atoms with van der Waals surface area (Å²) in [5, 5.41) is 22.8. The second-order valence-electron chi connectivity index (χ2n) is 6.65. The largest absolute Gasteiger partial charge is 0.444 e. The molecule has 0 aliphatic heterocycles. The highest BCUT2D eigenvalue weighted by atomic mass is 16.6. The Kier molecular flexibility index (Phi) is 6.38. The van der Waals surface area contributed by atoms with E-state index in [4.69, 9.17) is 4.74 Å². The van der Waals surface area contributed by atoms with Gasteiger partial charge in [-0.2, -0.15) is 0 Å². The van der Waals surface area contributed by atoms with Crippen molar-refractivity contribution < 1.29 is 19.7 Å². The second kappa shape index (κ2) is 7.61. The predicted molar refractivity (Wildman–Crippen MR) is 85.7 cm³/mol. The third kappa shape index (κ3) is 6.45. The highest BCUT2D eigenvalue weighted by molar-refractivity contribution is 5.67. The van der Waals surface area contributed by atoms with Crippen molar-refractivity contribution in [1.82, 2.24) is 5.32 Å². The highest BCUT2D eigenvalue weighted by Crippen LogP contribution is 2.21. The number of hydrogen-bond acceptors (Lipinski definition) is 4. The van der Waals surface area contributed by atoms with Crippen molar-refractivity contribution in [2.45, 2.75) is 58.8 Å². The molecule has 2 unspecified atom stereocenters. The maximum absolute atomic E-state index is 11.5. The van der Waals surface area contributed by atoms with Gasteiger partial charge < -0.3 is 20.3 Å². The first-order chi connectivity index (χ1) is 10.1. The van der Waals surface area contributed by atoms with E-state index in [9.17, 15) is 15.0 Å². The highest BCUT2D eigenvalue weighted by Gasteiger charge is 2.20. The molecule has 0 aromatic heterocycles. The minimum Gasteiger partial charge on any atom is -0.444 e. The topological polar surface area (TPSA) is 78.8 Å². The van der Waals surface area contributed by atoms with Gasteiger partial charge in [-0.15, -0.1) is 0 Å². The Balaban J connectivity index is 2.48. The fourth-order valence-electron chi connectivity index (χ4n) is 2.20. The molecule has 0 fully saturated rings. The molecular formula is C17H27NO4. The van der Waals surface area contributed by atoms with Gasteiger partial charge in [-0.25, -0.2) is 4.79 Å². The Labute approximate surface area is 132 Å². The van der Waals surface area contributed by atoms with Crippen molar-refractivity contribution in [2.24, 2.45) is 0 Å². The molecule has 1 amide bonds. The number of nitrogens with one attached hydrogen (secondary N) is 1. The fraction of sp³-hybridized carbons (Fsp3) is 0.588. The van der Waals surface area contributed by atoms with Crippen LogP contribution in [0.5, 0.6) is 0 Å². The molecule has 3 N–H and O–H groups in total. The van der Waals surface area contributed by atoms with E-state index in [-0.39, 0.29) is 13.0 Å². The quantitative estimate of drug-likeness (QED) is 0.781. The number of ether oxygens (including phenoxy) is 1. The molecule has 5 nitrogen and oxygen atoms in total. The first kappa shape index (κ1) is 18.5. The van der Waals surface area contributed by atoms with E-state index in [0.717, 1.165) is 11.1 Å². The van der Waals surface area contributed by atoms with Gasteiger partial charge in [0.05, 0.1) is 6.10 Å². The molecule has 0 aliphatic carbocycles. The van der Waals surface area contributed by atoms with E-state index in [1.165, 1.54) is 0 Å². The number of alkyl carbamates (subject to hydrolysis) is 1. The summed E-state index contributed by atoms with van der Waals surface area (Å²) in [6, 6.07) is 5.71. The van der Waals surface area contributed by atoms with Crippen LogP contribution < -0.4 is 5.32 Å². The lowest BCUT2D eigenvalue weighted by molar-refractivity contribution is 0.0122. The average Bonchev–Trinajstić information content (AvgIpc) is 2.34. The van der Waals surface area contributed by atoms with Crippen LogP contribution in [0.3, 0.4) is 0 Å². The van der Waals surface area contributed by atoms with Gasteiger partial charge in [-0.05, 0) is 46.6 Å². The van der Waals surface area contributed by atoms with Crippen molar-refractivity contribution in [2.75, 3.05) is 6.54 Å². The van der Waals surface area contributed by atoms with Crippen molar-refractivity contribution in [3.8, 4) is 0 Å². The summed E-state index contributed by atoms with van der Waals surface area (Å²) >= 11 is 0. The summed E-state index contributed by atoms with van der Waals surface area (Å²) in [5.74, 6) is 0. The van der Waals surface area contributed by atoms with Gasteiger partial charge in [-0.1, -0.05) is 29.3 Å². The Hall–Kier alpha value is -1.59. The molecular weight excluding hydrogens is 282 g/mol. The third-order valence-electron chi connectivity index (χ3n) is 3.06. The fourth-order valence-corrected chi connectivity index (χ4v) is 2.20. The number of aryl methyl sites for hydroxylation is 2. The second-order valence-corrected chi connectivity index (χ2v) is 6.65. The number of benzene rings is 1. The minimum absolute atomic E-state index is 0.234. The van der Waals surface area contributed by atoms with Crippen LogP contribution in [0.25, 0.3) is 0 Å². The SMILES string of the molecule is Cc1cc(C)cc(C(O)C(O)CCNC(=O)OC(C)(C)C)c1. The van der Waals surface area contributed by atoms with Crippen molar-refractivity contribution in [3.63, 3.8) is 0 Å². The molecule has 0 bridgehead atoms. The molecule has 5 heteroatoms. The molecule has 1 rings (SSSR count). The molecule has 22 heavy (non-hydrogen) atoms. The van der Waals surface area contributed by atoms with E-state index in [1.807, 2.05) is 32.0 Å². The number of amides is 1.